The van der Waals surface area contributed by atoms with Crippen molar-refractivity contribution in [2.75, 3.05) is 11.9 Å². The molecule has 0 atom stereocenters. The first-order chi connectivity index (χ1) is 8.20. The van der Waals surface area contributed by atoms with Gasteiger partial charge >= 0.3 is 0 Å². The molecule has 0 aromatic carbocycles. The predicted molar refractivity (Wildman–Crippen MR) is 71.4 cm³/mol. The molecule has 3 nitrogen and oxygen atoms in total. The van der Waals surface area contributed by atoms with Crippen molar-refractivity contribution in [3.8, 4) is 0 Å². The van der Waals surface area contributed by atoms with E-state index < -0.39 is 0 Å². The Morgan fingerprint density at radius 2 is 2.06 bits per heavy atom. The molecule has 1 aliphatic carbocycles. The normalized spacial score (nSPS) is 14.1. The summed E-state index contributed by atoms with van der Waals surface area (Å²) in [6, 6.07) is 0. The van der Waals surface area contributed by atoms with Crippen LogP contribution in [0.2, 0.25) is 0 Å². The summed E-state index contributed by atoms with van der Waals surface area (Å²) in [7, 11) is 0. The summed E-state index contributed by atoms with van der Waals surface area (Å²) in [6.07, 6.45) is 5.62. The molecule has 2 rings (SSSR count). The van der Waals surface area contributed by atoms with Crippen LogP contribution in [-0.2, 0) is 19.3 Å². The van der Waals surface area contributed by atoms with Gasteiger partial charge in [0.1, 0.15) is 11.6 Å². The van der Waals surface area contributed by atoms with Crippen LogP contribution in [0.4, 0.5) is 5.82 Å². The average molecular weight is 233 g/mol. The van der Waals surface area contributed by atoms with Crippen LogP contribution >= 0.6 is 0 Å². The quantitative estimate of drug-likeness (QED) is 0.849. The van der Waals surface area contributed by atoms with Gasteiger partial charge in [0.15, 0.2) is 0 Å². The molecule has 0 amide bonds. The van der Waals surface area contributed by atoms with Crippen LogP contribution in [0.15, 0.2) is 0 Å². The Hall–Kier alpha value is -1.12. The van der Waals surface area contributed by atoms with Crippen LogP contribution in [0.1, 0.15) is 50.7 Å². The van der Waals surface area contributed by atoms with Gasteiger partial charge in [-0.2, -0.15) is 0 Å². The SMILES string of the molecule is CCCNc1nc(CC(C)C)nc2c1CCC2. The number of hydrogen-bond donors (Lipinski definition) is 1. The summed E-state index contributed by atoms with van der Waals surface area (Å²) in [4.78, 5) is 9.41. The maximum absolute atomic E-state index is 4.71. The fourth-order valence-electron chi connectivity index (χ4n) is 2.33. The zero-order valence-electron chi connectivity index (χ0n) is 11.2. The van der Waals surface area contributed by atoms with E-state index in [1.54, 1.807) is 0 Å². The number of nitrogens with zero attached hydrogens (tertiary/aromatic N) is 2. The number of anilines is 1. The molecule has 0 radical (unpaired) electrons. The van der Waals surface area contributed by atoms with E-state index in [0.717, 1.165) is 43.9 Å². The summed E-state index contributed by atoms with van der Waals surface area (Å²) >= 11 is 0. The van der Waals surface area contributed by atoms with Crippen LogP contribution in [0.25, 0.3) is 0 Å². The zero-order chi connectivity index (χ0) is 12.3. The Labute approximate surface area is 104 Å². The van der Waals surface area contributed by atoms with Crippen LogP contribution in [0, 0.1) is 5.92 Å². The first kappa shape index (κ1) is 12.3. The molecule has 1 aliphatic rings. The lowest BCUT2D eigenvalue weighted by Crippen LogP contribution is -2.11. The first-order valence-electron chi connectivity index (χ1n) is 6.83. The molecule has 94 valence electrons. The van der Waals surface area contributed by atoms with Gasteiger partial charge in [-0.05, 0) is 31.6 Å². The minimum atomic E-state index is 0.619. The maximum atomic E-state index is 4.71. The van der Waals surface area contributed by atoms with Gasteiger partial charge < -0.3 is 5.32 Å². The molecule has 0 spiro atoms. The van der Waals surface area contributed by atoms with Crippen LogP contribution in [0.3, 0.4) is 0 Å². The molecular formula is C14H23N3. The molecule has 17 heavy (non-hydrogen) atoms. The molecule has 0 saturated carbocycles. The smallest absolute Gasteiger partial charge is 0.133 e. The number of fused-ring (bicyclic) bond motifs is 1. The molecule has 1 heterocycles. The molecule has 3 heteroatoms. The molecule has 1 aromatic heterocycles. The summed E-state index contributed by atoms with van der Waals surface area (Å²) in [5, 5.41) is 3.46. The fourth-order valence-corrected chi connectivity index (χ4v) is 2.33. The van der Waals surface area contributed by atoms with Crippen molar-refractivity contribution in [1.29, 1.82) is 0 Å². The van der Waals surface area contributed by atoms with Crippen molar-refractivity contribution in [2.24, 2.45) is 5.92 Å². The Morgan fingerprint density at radius 3 is 2.76 bits per heavy atom. The largest absolute Gasteiger partial charge is 0.370 e. The van der Waals surface area contributed by atoms with Gasteiger partial charge in [0.2, 0.25) is 0 Å². The monoisotopic (exact) mass is 233 g/mol. The van der Waals surface area contributed by atoms with Crippen molar-refractivity contribution in [3.63, 3.8) is 0 Å². The maximum Gasteiger partial charge on any atom is 0.133 e. The van der Waals surface area contributed by atoms with Gasteiger partial charge in [-0.1, -0.05) is 20.8 Å². The highest BCUT2D eigenvalue weighted by Crippen LogP contribution is 2.26. The molecular weight excluding hydrogens is 210 g/mol. The highest BCUT2D eigenvalue weighted by atomic mass is 15.0. The summed E-state index contributed by atoms with van der Waals surface area (Å²) in [6.45, 7) is 7.62. The van der Waals surface area contributed by atoms with Crippen molar-refractivity contribution in [2.45, 2.75) is 52.9 Å². The van der Waals surface area contributed by atoms with E-state index in [1.807, 2.05) is 0 Å². The van der Waals surface area contributed by atoms with E-state index in [1.165, 1.54) is 17.7 Å². The topological polar surface area (TPSA) is 37.8 Å². The molecule has 0 fully saturated rings. The van der Waals surface area contributed by atoms with E-state index in [-0.39, 0.29) is 0 Å². The fraction of sp³-hybridized carbons (Fsp3) is 0.714. The van der Waals surface area contributed by atoms with Gasteiger partial charge in [0, 0.05) is 24.2 Å². The van der Waals surface area contributed by atoms with E-state index >= 15 is 0 Å². The van der Waals surface area contributed by atoms with Gasteiger partial charge in [0.25, 0.3) is 0 Å². The molecule has 0 bridgehead atoms. The third kappa shape index (κ3) is 2.96. The standard InChI is InChI=1S/C14H23N3/c1-4-8-15-14-11-6-5-7-12(11)16-13(17-14)9-10(2)3/h10H,4-9H2,1-3H3,(H,15,16,17). The minimum Gasteiger partial charge on any atom is -0.370 e. The van der Waals surface area contributed by atoms with Gasteiger partial charge in [-0.3, -0.25) is 0 Å². The van der Waals surface area contributed by atoms with Crippen LogP contribution in [-0.4, -0.2) is 16.5 Å². The number of rotatable bonds is 5. The van der Waals surface area contributed by atoms with E-state index in [2.05, 4.69) is 26.1 Å². The van der Waals surface area contributed by atoms with E-state index in [9.17, 15) is 0 Å². The third-order valence-corrected chi connectivity index (χ3v) is 3.11. The summed E-state index contributed by atoms with van der Waals surface area (Å²) in [5.41, 5.74) is 2.65. The average Bonchev–Trinajstić information content (AvgIpc) is 2.72. The molecule has 1 N–H and O–H groups in total. The second-order valence-corrected chi connectivity index (χ2v) is 5.29. The van der Waals surface area contributed by atoms with Crippen molar-refractivity contribution >= 4 is 5.82 Å². The predicted octanol–water partition coefficient (Wildman–Crippen LogP) is 2.99. The molecule has 1 aromatic rings. The summed E-state index contributed by atoms with van der Waals surface area (Å²) in [5.74, 6) is 2.73. The van der Waals surface area contributed by atoms with E-state index in [4.69, 9.17) is 9.97 Å². The number of aromatic nitrogens is 2. The third-order valence-electron chi connectivity index (χ3n) is 3.11. The van der Waals surface area contributed by atoms with Crippen molar-refractivity contribution < 1.29 is 0 Å². The van der Waals surface area contributed by atoms with Crippen molar-refractivity contribution in [1.82, 2.24) is 9.97 Å². The molecule has 0 unspecified atom stereocenters. The highest BCUT2D eigenvalue weighted by Gasteiger charge is 2.19. The second kappa shape index (κ2) is 5.48. The highest BCUT2D eigenvalue weighted by molar-refractivity contribution is 5.48. The van der Waals surface area contributed by atoms with Gasteiger partial charge in [-0.15, -0.1) is 0 Å². The van der Waals surface area contributed by atoms with Crippen LogP contribution in [0.5, 0.6) is 0 Å². The Kier molecular flexibility index (Phi) is 3.97. The number of nitrogens with one attached hydrogen (secondary N) is 1. The lowest BCUT2D eigenvalue weighted by Gasteiger charge is -2.12. The Balaban J connectivity index is 2.25. The van der Waals surface area contributed by atoms with Gasteiger partial charge in [-0.25, -0.2) is 9.97 Å². The zero-order valence-corrected chi connectivity index (χ0v) is 11.2. The summed E-state index contributed by atoms with van der Waals surface area (Å²) < 4.78 is 0. The Morgan fingerprint density at radius 1 is 1.24 bits per heavy atom. The number of hydrogen-bond acceptors (Lipinski definition) is 3. The first-order valence-corrected chi connectivity index (χ1v) is 6.83. The number of aryl methyl sites for hydroxylation is 1. The lowest BCUT2D eigenvalue weighted by atomic mass is 10.1. The lowest BCUT2D eigenvalue weighted by molar-refractivity contribution is 0.618. The molecule has 0 aliphatic heterocycles. The van der Waals surface area contributed by atoms with E-state index in [0.29, 0.717) is 5.92 Å². The van der Waals surface area contributed by atoms with Crippen molar-refractivity contribution in [3.05, 3.63) is 17.1 Å². The molecule has 0 saturated heterocycles. The second-order valence-electron chi connectivity index (χ2n) is 5.29. The minimum absolute atomic E-state index is 0.619. The Bertz CT molecular complexity index is 385. The van der Waals surface area contributed by atoms with Crippen LogP contribution < -0.4 is 5.32 Å². The van der Waals surface area contributed by atoms with Gasteiger partial charge in [0.05, 0.1) is 0 Å².